The average Bonchev–Trinajstić information content (AvgIpc) is 2.62. The van der Waals surface area contributed by atoms with Crippen LogP contribution in [0.3, 0.4) is 0 Å². The molecule has 2 heterocycles. The summed E-state index contributed by atoms with van der Waals surface area (Å²) in [7, 11) is 0. The Morgan fingerprint density at radius 2 is 1.74 bits per heavy atom. The number of ether oxygens (including phenoxy) is 1. The maximum atomic E-state index is 13.2. The predicted octanol–water partition coefficient (Wildman–Crippen LogP) is 3.65. The van der Waals surface area contributed by atoms with Crippen molar-refractivity contribution in [2.24, 2.45) is 0 Å². The number of nitrogens with zero attached hydrogens (tertiary/aromatic N) is 4. The van der Waals surface area contributed by atoms with Gasteiger partial charge in [-0.1, -0.05) is 12.1 Å². The minimum atomic E-state index is -0.500. The molecule has 0 aliphatic carbocycles. The maximum Gasteiger partial charge on any atom is 0.410 e. The first-order chi connectivity index (χ1) is 12.7. The van der Waals surface area contributed by atoms with Gasteiger partial charge in [0.2, 0.25) is 0 Å². The van der Waals surface area contributed by atoms with Crippen molar-refractivity contribution in [3.8, 4) is 11.1 Å². The molecule has 1 aliphatic rings. The molecule has 0 N–H and O–H groups in total. The molecule has 7 heteroatoms. The van der Waals surface area contributed by atoms with Crippen LogP contribution in [0.15, 0.2) is 30.5 Å². The first-order valence-electron chi connectivity index (χ1n) is 9.06. The standard InChI is InChI=1S/C20H25FN4O2/c1-14-17(15-5-7-16(21)8-6-15)13-22-23-18(14)24-9-11-25(12-10-24)19(26)27-20(2,3)4/h5-8,13H,9-12H2,1-4H3. The second-order valence-corrected chi connectivity index (χ2v) is 7.67. The van der Waals surface area contributed by atoms with E-state index in [1.165, 1.54) is 12.1 Å². The minimum Gasteiger partial charge on any atom is -0.444 e. The van der Waals surface area contributed by atoms with Crippen molar-refractivity contribution in [3.63, 3.8) is 0 Å². The SMILES string of the molecule is Cc1c(-c2ccc(F)cc2)cnnc1N1CCN(C(=O)OC(C)(C)C)CC1. The van der Waals surface area contributed by atoms with Crippen molar-refractivity contribution in [1.82, 2.24) is 15.1 Å². The average molecular weight is 372 g/mol. The van der Waals surface area contributed by atoms with Gasteiger partial charge in [0.1, 0.15) is 11.4 Å². The minimum absolute atomic E-state index is 0.267. The zero-order chi connectivity index (χ0) is 19.6. The maximum absolute atomic E-state index is 13.2. The van der Waals surface area contributed by atoms with Gasteiger partial charge in [0.05, 0.1) is 6.20 Å². The molecule has 0 unspecified atom stereocenters. The number of rotatable bonds is 2. The van der Waals surface area contributed by atoms with Crippen LogP contribution in [0.25, 0.3) is 11.1 Å². The molecule has 0 radical (unpaired) electrons. The number of amides is 1. The summed E-state index contributed by atoms with van der Waals surface area (Å²) in [5, 5.41) is 8.43. The number of benzene rings is 1. The lowest BCUT2D eigenvalue weighted by Crippen LogP contribution is -2.50. The molecule has 1 amide bonds. The number of carbonyl (C=O) groups excluding carboxylic acids is 1. The van der Waals surface area contributed by atoms with Crippen LogP contribution >= 0.6 is 0 Å². The molecule has 6 nitrogen and oxygen atoms in total. The van der Waals surface area contributed by atoms with Crippen LogP contribution in [0.5, 0.6) is 0 Å². The second-order valence-electron chi connectivity index (χ2n) is 7.67. The van der Waals surface area contributed by atoms with Gasteiger partial charge in [0.15, 0.2) is 5.82 Å². The molecule has 27 heavy (non-hydrogen) atoms. The number of carbonyl (C=O) groups is 1. The molecule has 1 saturated heterocycles. The van der Waals surface area contributed by atoms with Gasteiger partial charge in [0.25, 0.3) is 0 Å². The van der Waals surface area contributed by atoms with E-state index in [1.807, 2.05) is 27.7 Å². The van der Waals surface area contributed by atoms with Crippen molar-refractivity contribution in [2.45, 2.75) is 33.3 Å². The van der Waals surface area contributed by atoms with E-state index in [0.29, 0.717) is 26.2 Å². The van der Waals surface area contributed by atoms with E-state index in [9.17, 15) is 9.18 Å². The molecular formula is C20H25FN4O2. The number of hydrogen-bond donors (Lipinski definition) is 0. The van der Waals surface area contributed by atoms with E-state index in [2.05, 4.69) is 15.1 Å². The Bertz CT molecular complexity index is 810. The summed E-state index contributed by atoms with van der Waals surface area (Å²) in [6, 6.07) is 6.36. The summed E-state index contributed by atoms with van der Waals surface area (Å²) in [6.07, 6.45) is 1.41. The highest BCUT2D eigenvalue weighted by atomic mass is 19.1. The van der Waals surface area contributed by atoms with Crippen LogP contribution in [0, 0.1) is 12.7 Å². The normalized spacial score (nSPS) is 15.0. The summed E-state index contributed by atoms with van der Waals surface area (Å²) in [6.45, 7) is 10.0. The third kappa shape index (κ3) is 4.53. The van der Waals surface area contributed by atoms with Gasteiger partial charge in [-0.3, -0.25) is 0 Å². The van der Waals surface area contributed by atoms with Crippen molar-refractivity contribution in [1.29, 1.82) is 0 Å². The molecule has 1 aromatic carbocycles. The van der Waals surface area contributed by atoms with Crippen LogP contribution in [0.1, 0.15) is 26.3 Å². The Hall–Kier alpha value is -2.70. The fourth-order valence-corrected chi connectivity index (χ4v) is 3.08. The Morgan fingerprint density at radius 3 is 2.33 bits per heavy atom. The topological polar surface area (TPSA) is 58.6 Å². The summed E-state index contributed by atoms with van der Waals surface area (Å²) >= 11 is 0. The lowest BCUT2D eigenvalue weighted by Gasteiger charge is -2.36. The van der Waals surface area contributed by atoms with Crippen LogP contribution in [-0.4, -0.2) is 53.0 Å². The number of aromatic nitrogens is 2. The zero-order valence-corrected chi connectivity index (χ0v) is 16.2. The molecule has 1 fully saturated rings. The lowest BCUT2D eigenvalue weighted by atomic mass is 10.0. The van der Waals surface area contributed by atoms with Crippen molar-refractivity contribution in [2.75, 3.05) is 31.1 Å². The Labute approximate surface area is 159 Å². The van der Waals surface area contributed by atoms with Gasteiger partial charge >= 0.3 is 6.09 Å². The Balaban J connectivity index is 1.72. The Kier molecular flexibility index (Phi) is 5.30. The first kappa shape index (κ1) is 19.1. The van der Waals surface area contributed by atoms with E-state index in [-0.39, 0.29) is 11.9 Å². The highest BCUT2D eigenvalue weighted by Gasteiger charge is 2.27. The van der Waals surface area contributed by atoms with Gasteiger partial charge in [-0.15, -0.1) is 5.10 Å². The van der Waals surface area contributed by atoms with Crippen molar-refractivity contribution >= 4 is 11.9 Å². The van der Waals surface area contributed by atoms with Gasteiger partial charge in [0, 0.05) is 37.3 Å². The van der Waals surface area contributed by atoms with Gasteiger partial charge in [-0.25, -0.2) is 9.18 Å². The zero-order valence-electron chi connectivity index (χ0n) is 16.2. The fourth-order valence-electron chi connectivity index (χ4n) is 3.08. The molecule has 1 aliphatic heterocycles. The molecule has 0 saturated carbocycles. The molecular weight excluding hydrogens is 347 g/mol. The number of piperazine rings is 1. The van der Waals surface area contributed by atoms with Crippen LogP contribution in [0.2, 0.25) is 0 Å². The number of halogens is 1. The number of hydrogen-bond acceptors (Lipinski definition) is 5. The third-order valence-electron chi connectivity index (χ3n) is 4.46. The smallest absolute Gasteiger partial charge is 0.410 e. The molecule has 1 aromatic heterocycles. The summed E-state index contributed by atoms with van der Waals surface area (Å²) < 4.78 is 18.6. The van der Waals surface area contributed by atoms with E-state index in [1.54, 1.807) is 23.2 Å². The first-order valence-corrected chi connectivity index (χ1v) is 9.06. The second kappa shape index (κ2) is 7.50. The van der Waals surface area contributed by atoms with Gasteiger partial charge in [-0.2, -0.15) is 5.10 Å². The molecule has 144 valence electrons. The highest BCUT2D eigenvalue weighted by Crippen LogP contribution is 2.28. The van der Waals surface area contributed by atoms with Crippen molar-refractivity contribution < 1.29 is 13.9 Å². The van der Waals surface area contributed by atoms with Crippen LogP contribution in [-0.2, 0) is 4.74 Å². The van der Waals surface area contributed by atoms with Crippen LogP contribution < -0.4 is 4.90 Å². The lowest BCUT2D eigenvalue weighted by molar-refractivity contribution is 0.0240. The largest absolute Gasteiger partial charge is 0.444 e. The van der Waals surface area contributed by atoms with E-state index >= 15 is 0 Å². The quantitative estimate of drug-likeness (QED) is 0.805. The third-order valence-corrected chi connectivity index (χ3v) is 4.46. The molecule has 0 bridgehead atoms. The Morgan fingerprint density at radius 1 is 1.11 bits per heavy atom. The van der Waals surface area contributed by atoms with E-state index in [4.69, 9.17) is 4.74 Å². The molecule has 0 atom stereocenters. The van der Waals surface area contributed by atoms with Gasteiger partial charge < -0.3 is 14.5 Å². The van der Waals surface area contributed by atoms with Crippen molar-refractivity contribution in [3.05, 3.63) is 41.8 Å². The monoisotopic (exact) mass is 372 g/mol. The highest BCUT2D eigenvalue weighted by molar-refractivity contribution is 5.72. The van der Waals surface area contributed by atoms with Gasteiger partial charge in [-0.05, 0) is 45.4 Å². The van der Waals surface area contributed by atoms with E-state index in [0.717, 1.165) is 22.5 Å². The molecule has 0 spiro atoms. The summed E-state index contributed by atoms with van der Waals surface area (Å²) in [5.41, 5.74) is 2.31. The van der Waals surface area contributed by atoms with E-state index < -0.39 is 5.60 Å². The molecule has 3 rings (SSSR count). The summed E-state index contributed by atoms with van der Waals surface area (Å²) in [4.78, 5) is 16.1. The van der Waals surface area contributed by atoms with Crippen LogP contribution in [0.4, 0.5) is 15.0 Å². The predicted molar refractivity (Wildman–Crippen MR) is 102 cm³/mol. The summed E-state index contributed by atoms with van der Waals surface area (Å²) in [5.74, 6) is 0.526. The fraction of sp³-hybridized carbons (Fsp3) is 0.450. The molecule has 2 aromatic rings. The number of anilines is 1.